The molecule has 0 fully saturated rings. The Balaban J connectivity index is 0.00000180. The summed E-state index contributed by atoms with van der Waals surface area (Å²) >= 11 is 0. The normalized spacial score (nSPS) is 22.3. The summed E-state index contributed by atoms with van der Waals surface area (Å²) in [5.41, 5.74) is 3.10. The maximum absolute atomic E-state index is 12.0. The second kappa shape index (κ2) is 5.43. The van der Waals surface area contributed by atoms with E-state index in [1.54, 1.807) is 0 Å². The number of aryl methyl sites for hydroxylation is 2. The Labute approximate surface area is 128 Å². The molecule has 2 rings (SSSR count). The van der Waals surface area contributed by atoms with Gasteiger partial charge in [-0.3, -0.25) is 9.78 Å². The predicted molar refractivity (Wildman–Crippen MR) is 81.7 cm³/mol. The van der Waals surface area contributed by atoms with Gasteiger partial charge in [0.05, 0.1) is 13.8 Å². The predicted octanol–water partition coefficient (Wildman–Crippen LogP) is 2.28. The van der Waals surface area contributed by atoms with Crippen molar-refractivity contribution in [1.82, 2.24) is 4.98 Å². The molecule has 1 aliphatic rings. The van der Waals surface area contributed by atoms with Crippen molar-refractivity contribution >= 4 is 32.9 Å². The molecule has 1 aromatic heterocycles. The van der Waals surface area contributed by atoms with Crippen LogP contribution in [0.5, 0.6) is 0 Å². The molecule has 19 heavy (non-hydrogen) atoms. The Morgan fingerprint density at radius 2 is 2.05 bits per heavy atom. The average molecular weight is 271 g/mol. The number of carboxylic acid groups (broad SMARTS) is 1. The zero-order valence-electron chi connectivity index (χ0n) is 11.6. The molecule has 0 saturated heterocycles. The first-order valence-electron chi connectivity index (χ1n) is 6.48. The van der Waals surface area contributed by atoms with Crippen molar-refractivity contribution in [3.05, 3.63) is 29.1 Å². The van der Waals surface area contributed by atoms with Crippen LogP contribution in [0.4, 0.5) is 0 Å². The van der Waals surface area contributed by atoms with E-state index in [2.05, 4.69) is 30.7 Å². The van der Waals surface area contributed by atoms with Crippen molar-refractivity contribution in [2.24, 2.45) is 0 Å². The minimum atomic E-state index is -1.90. The molecule has 0 bridgehead atoms. The van der Waals surface area contributed by atoms with E-state index in [9.17, 15) is 9.90 Å². The van der Waals surface area contributed by atoms with Crippen LogP contribution in [-0.2, 0) is 16.3 Å². The van der Waals surface area contributed by atoms with Crippen LogP contribution in [0.1, 0.15) is 29.7 Å². The summed E-state index contributed by atoms with van der Waals surface area (Å²) in [6, 6.07) is 2.11. The van der Waals surface area contributed by atoms with Crippen LogP contribution in [-0.4, -0.2) is 43.0 Å². The monoisotopic (exact) mass is 271 g/mol. The van der Waals surface area contributed by atoms with E-state index >= 15 is 0 Å². The van der Waals surface area contributed by atoms with E-state index in [0.29, 0.717) is 0 Å². The number of hydrogen-bond acceptors (Lipinski definition) is 2. The van der Waals surface area contributed by atoms with Crippen molar-refractivity contribution in [3.8, 4) is 0 Å². The second-order valence-electron chi connectivity index (χ2n) is 6.33. The molecule has 1 N–H and O–H groups in total. The number of fused-ring (bicyclic) bond motifs is 1. The zero-order valence-corrected chi connectivity index (χ0v) is 12.6. The molecule has 0 radical (unpaired) electrons. The maximum atomic E-state index is 12.0. The van der Waals surface area contributed by atoms with Crippen LogP contribution in [0.2, 0.25) is 19.6 Å². The summed E-state index contributed by atoms with van der Waals surface area (Å²) in [6.45, 7) is 8.42. The average Bonchev–Trinajstić information content (AvgIpc) is 2.25. The number of aliphatic carboxylic acids is 1. The molecule has 3 nitrogen and oxygen atoms in total. The van der Waals surface area contributed by atoms with Gasteiger partial charge in [-0.2, -0.15) is 0 Å². The Kier molecular flexibility index (Phi) is 4.72. The summed E-state index contributed by atoms with van der Waals surface area (Å²) in [4.78, 5) is 16.5. The Morgan fingerprint density at radius 3 is 2.58 bits per heavy atom. The molecular weight excluding hydrogens is 249 g/mol. The van der Waals surface area contributed by atoms with Gasteiger partial charge in [0.25, 0.3) is 0 Å². The molecule has 1 heterocycles. The second-order valence-corrected chi connectivity index (χ2v) is 11.7. The zero-order chi connectivity index (χ0) is 13.6. The van der Waals surface area contributed by atoms with Crippen molar-refractivity contribution in [3.63, 3.8) is 0 Å². The van der Waals surface area contributed by atoms with E-state index in [1.807, 2.05) is 13.1 Å². The first-order chi connectivity index (χ1) is 8.29. The van der Waals surface area contributed by atoms with Gasteiger partial charge in [0.1, 0.15) is 5.04 Å². The van der Waals surface area contributed by atoms with Crippen LogP contribution < -0.4 is 0 Å². The quantitative estimate of drug-likeness (QED) is 0.840. The van der Waals surface area contributed by atoms with Crippen molar-refractivity contribution < 1.29 is 9.90 Å². The van der Waals surface area contributed by atoms with Crippen LogP contribution in [0.15, 0.2) is 12.3 Å². The number of hydrogen-bond donors (Lipinski definition) is 1. The van der Waals surface area contributed by atoms with Crippen LogP contribution in [0.25, 0.3) is 0 Å². The fourth-order valence-electron chi connectivity index (χ4n) is 3.13. The Bertz CT molecular complexity index is 499. The van der Waals surface area contributed by atoms with Gasteiger partial charge in [-0.25, -0.2) is 0 Å². The first kappa shape index (κ1) is 16.5. The number of nitrogens with zero attached hydrogens (tertiary/aromatic N) is 1. The van der Waals surface area contributed by atoms with Gasteiger partial charge in [-0.1, -0.05) is 25.7 Å². The van der Waals surface area contributed by atoms with E-state index in [0.717, 1.165) is 36.1 Å². The first-order valence-corrected chi connectivity index (χ1v) is 9.98. The summed E-state index contributed by atoms with van der Waals surface area (Å²) < 4.78 is 0. The van der Waals surface area contributed by atoms with Crippen molar-refractivity contribution in [2.45, 2.75) is 50.9 Å². The number of pyridine rings is 1. The Morgan fingerprint density at radius 1 is 1.42 bits per heavy atom. The fourth-order valence-corrected chi connectivity index (χ4v) is 5.63. The van der Waals surface area contributed by atoms with Crippen LogP contribution in [0, 0.1) is 6.92 Å². The van der Waals surface area contributed by atoms with Gasteiger partial charge in [0, 0.05) is 6.20 Å². The van der Waals surface area contributed by atoms with E-state index in [1.165, 1.54) is 0 Å². The van der Waals surface area contributed by atoms with Gasteiger partial charge < -0.3 is 5.11 Å². The number of carboxylic acids is 1. The molecule has 0 spiro atoms. The molecule has 1 aromatic rings. The van der Waals surface area contributed by atoms with Gasteiger partial charge in [-0.05, 0) is 37.3 Å². The number of rotatable bonds is 2. The van der Waals surface area contributed by atoms with Crippen LogP contribution >= 0.6 is 0 Å². The molecule has 0 aromatic carbocycles. The van der Waals surface area contributed by atoms with Gasteiger partial charge in [0.15, 0.2) is 0 Å². The number of aromatic nitrogens is 1. The molecule has 0 saturated carbocycles. The molecule has 1 atom stereocenters. The van der Waals surface area contributed by atoms with Crippen molar-refractivity contribution in [1.29, 1.82) is 0 Å². The number of carbonyl (C=O) groups is 1. The topological polar surface area (TPSA) is 50.2 Å². The van der Waals surface area contributed by atoms with Crippen molar-refractivity contribution in [2.75, 3.05) is 0 Å². The summed E-state index contributed by atoms with van der Waals surface area (Å²) in [6.07, 6.45) is 4.46. The molecule has 1 unspecified atom stereocenters. The summed E-state index contributed by atoms with van der Waals surface area (Å²) in [5, 5.41) is 9.12. The van der Waals surface area contributed by atoms with Crippen LogP contribution in [0.3, 0.4) is 0 Å². The molecule has 1 aliphatic carbocycles. The fraction of sp³-hybridized carbons (Fsp3) is 0.571. The van der Waals surface area contributed by atoms with Gasteiger partial charge in [0.2, 0.25) is 0 Å². The molecule has 100 valence electrons. The molecule has 0 aliphatic heterocycles. The third-order valence-corrected chi connectivity index (χ3v) is 7.41. The summed E-state index contributed by atoms with van der Waals surface area (Å²) in [5.74, 6) is -0.682. The molecule has 5 heteroatoms. The Hall–Kier alpha value is -0.566. The molecular formula is C14H22LiNO2Si. The SMILES string of the molecule is Cc1cnc2c(c1)CCCC2(C(=O)O)[Si](C)(C)C.[LiH]. The summed E-state index contributed by atoms with van der Waals surface area (Å²) in [7, 11) is -1.90. The third-order valence-electron chi connectivity index (χ3n) is 4.15. The van der Waals surface area contributed by atoms with Gasteiger partial charge >= 0.3 is 24.8 Å². The standard InChI is InChI=1S/C14H21NO2Si.Li.H/c1-10-8-11-6-5-7-14(13(16)17,18(2,3)4)12(11)15-9-10;;/h8-9H,5-7H2,1-4H3,(H,16,17);;. The van der Waals surface area contributed by atoms with E-state index in [4.69, 9.17) is 0 Å². The molecule has 0 amide bonds. The third kappa shape index (κ3) is 2.54. The van der Waals surface area contributed by atoms with E-state index < -0.39 is 19.1 Å². The van der Waals surface area contributed by atoms with E-state index in [-0.39, 0.29) is 18.9 Å². The minimum absolute atomic E-state index is 0. The van der Waals surface area contributed by atoms with Gasteiger partial charge in [-0.15, -0.1) is 0 Å².